The average molecular weight is 177 g/mol. The molecule has 13 heavy (non-hydrogen) atoms. The molecule has 0 aliphatic heterocycles. The van der Waals surface area contributed by atoms with Crippen molar-refractivity contribution < 1.29 is 4.74 Å². The van der Waals surface area contributed by atoms with Gasteiger partial charge in [0.15, 0.2) is 0 Å². The van der Waals surface area contributed by atoms with E-state index in [-0.39, 0.29) is 11.8 Å². The molecule has 1 rings (SSSR count). The summed E-state index contributed by atoms with van der Waals surface area (Å²) in [7, 11) is 0. The quantitative estimate of drug-likeness (QED) is 0.702. The SMILES string of the molecule is CCC(C)Oc1nccnc1C#N. The molecule has 0 saturated heterocycles. The van der Waals surface area contributed by atoms with E-state index in [0.717, 1.165) is 6.42 Å². The van der Waals surface area contributed by atoms with Gasteiger partial charge < -0.3 is 4.74 Å². The molecule has 0 aliphatic carbocycles. The van der Waals surface area contributed by atoms with E-state index in [2.05, 4.69) is 9.97 Å². The topological polar surface area (TPSA) is 58.8 Å². The molecular weight excluding hydrogens is 166 g/mol. The minimum absolute atomic E-state index is 0.0591. The van der Waals surface area contributed by atoms with Crippen molar-refractivity contribution >= 4 is 0 Å². The van der Waals surface area contributed by atoms with Gasteiger partial charge >= 0.3 is 0 Å². The molecule has 0 bridgehead atoms. The zero-order valence-corrected chi connectivity index (χ0v) is 7.69. The van der Waals surface area contributed by atoms with Crippen LogP contribution < -0.4 is 4.74 Å². The van der Waals surface area contributed by atoms with Crippen molar-refractivity contribution in [3.05, 3.63) is 18.1 Å². The Labute approximate surface area is 77.2 Å². The minimum atomic E-state index is 0.0591. The van der Waals surface area contributed by atoms with Gasteiger partial charge in [0, 0.05) is 12.4 Å². The Morgan fingerprint density at radius 2 is 2.23 bits per heavy atom. The Bertz CT molecular complexity index is 319. The number of hydrogen-bond acceptors (Lipinski definition) is 4. The first kappa shape index (κ1) is 9.46. The van der Waals surface area contributed by atoms with Crippen molar-refractivity contribution in [1.29, 1.82) is 5.26 Å². The second-order valence-electron chi connectivity index (χ2n) is 2.66. The summed E-state index contributed by atoms with van der Waals surface area (Å²) in [6, 6.07) is 1.93. The van der Waals surface area contributed by atoms with E-state index < -0.39 is 0 Å². The van der Waals surface area contributed by atoms with Crippen LogP contribution in [0.2, 0.25) is 0 Å². The Balaban J connectivity index is 2.82. The molecule has 4 nitrogen and oxygen atoms in total. The van der Waals surface area contributed by atoms with Crippen molar-refractivity contribution in [2.45, 2.75) is 26.4 Å². The van der Waals surface area contributed by atoms with E-state index in [1.54, 1.807) is 0 Å². The van der Waals surface area contributed by atoms with Crippen LogP contribution in [0.3, 0.4) is 0 Å². The summed E-state index contributed by atoms with van der Waals surface area (Å²) >= 11 is 0. The molecule has 0 aliphatic rings. The molecule has 0 amide bonds. The predicted octanol–water partition coefficient (Wildman–Crippen LogP) is 1.53. The largest absolute Gasteiger partial charge is 0.473 e. The second kappa shape index (κ2) is 4.41. The summed E-state index contributed by atoms with van der Waals surface area (Å²) in [5, 5.41) is 8.67. The van der Waals surface area contributed by atoms with Crippen molar-refractivity contribution in [2.75, 3.05) is 0 Å². The first-order valence-electron chi connectivity index (χ1n) is 4.15. The molecule has 1 aromatic heterocycles. The third-order valence-electron chi connectivity index (χ3n) is 1.66. The van der Waals surface area contributed by atoms with Crippen LogP contribution >= 0.6 is 0 Å². The van der Waals surface area contributed by atoms with Crippen LogP contribution in [0, 0.1) is 11.3 Å². The highest BCUT2D eigenvalue weighted by molar-refractivity contribution is 5.29. The molecular formula is C9H11N3O. The van der Waals surface area contributed by atoms with E-state index in [1.165, 1.54) is 12.4 Å². The maximum Gasteiger partial charge on any atom is 0.251 e. The number of hydrogen-bond donors (Lipinski definition) is 0. The summed E-state index contributed by atoms with van der Waals surface area (Å²) in [5.74, 6) is 0.319. The van der Waals surface area contributed by atoms with Crippen molar-refractivity contribution in [3.63, 3.8) is 0 Å². The highest BCUT2D eigenvalue weighted by atomic mass is 16.5. The van der Waals surface area contributed by atoms with Crippen molar-refractivity contribution in [2.24, 2.45) is 0 Å². The molecule has 0 saturated carbocycles. The number of nitrogens with zero attached hydrogens (tertiary/aromatic N) is 3. The monoisotopic (exact) mass is 177 g/mol. The molecule has 0 radical (unpaired) electrons. The highest BCUT2D eigenvalue weighted by Crippen LogP contribution is 2.12. The third kappa shape index (κ3) is 2.41. The normalized spacial score (nSPS) is 11.8. The van der Waals surface area contributed by atoms with Gasteiger partial charge in [-0.25, -0.2) is 9.97 Å². The van der Waals surface area contributed by atoms with E-state index >= 15 is 0 Å². The van der Waals surface area contributed by atoms with Crippen LogP contribution in [0.4, 0.5) is 0 Å². The van der Waals surface area contributed by atoms with Crippen molar-refractivity contribution in [3.8, 4) is 11.9 Å². The Hall–Kier alpha value is -1.63. The number of ether oxygens (including phenoxy) is 1. The lowest BCUT2D eigenvalue weighted by Gasteiger charge is -2.11. The Morgan fingerprint density at radius 1 is 1.54 bits per heavy atom. The summed E-state index contributed by atoms with van der Waals surface area (Å²) in [4.78, 5) is 7.77. The smallest absolute Gasteiger partial charge is 0.251 e. The minimum Gasteiger partial charge on any atom is -0.473 e. The van der Waals surface area contributed by atoms with Gasteiger partial charge in [0.1, 0.15) is 6.07 Å². The molecule has 0 spiro atoms. The Morgan fingerprint density at radius 3 is 2.85 bits per heavy atom. The number of aromatic nitrogens is 2. The second-order valence-corrected chi connectivity index (χ2v) is 2.66. The van der Waals surface area contributed by atoms with Crippen LogP contribution in [-0.2, 0) is 0 Å². The van der Waals surface area contributed by atoms with Crippen molar-refractivity contribution in [1.82, 2.24) is 9.97 Å². The lowest BCUT2D eigenvalue weighted by atomic mass is 10.3. The fourth-order valence-corrected chi connectivity index (χ4v) is 0.762. The predicted molar refractivity (Wildman–Crippen MR) is 47.1 cm³/mol. The summed E-state index contributed by atoms with van der Waals surface area (Å²) in [5.41, 5.74) is 0.239. The molecule has 0 fully saturated rings. The molecule has 68 valence electrons. The summed E-state index contributed by atoms with van der Waals surface area (Å²) in [6.07, 6.45) is 3.92. The number of nitriles is 1. The average Bonchev–Trinajstić information content (AvgIpc) is 2.18. The van der Waals surface area contributed by atoms with Gasteiger partial charge in [0.05, 0.1) is 6.10 Å². The van der Waals surface area contributed by atoms with Gasteiger partial charge in [-0.05, 0) is 13.3 Å². The molecule has 1 unspecified atom stereocenters. The fourth-order valence-electron chi connectivity index (χ4n) is 0.762. The lowest BCUT2D eigenvalue weighted by Crippen LogP contribution is -2.12. The zero-order valence-electron chi connectivity index (χ0n) is 7.69. The fraction of sp³-hybridized carbons (Fsp3) is 0.444. The van der Waals surface area contributed by atoms with Gasteiger partial charge in [-0.2, -0.15) is 5.26 Å². The summed E-state index contributed by atoms with van der Waals surface area (Å²) in [6.45, 7) is 3.93. The van der Waals surface area contributed by atoms with Gasteiger partial charge in [0.2, 0.25) is 5.69 Å². The van der Waals surface area contributed by atoms with Gasteiger partial charge in [-0.3, -0.25) is 0 Å². The standard InChI is InChI=1S/C9H11N3O/c1-3-7(2)13-9-8(6-10)11-4-5-12-9/h4-5,7H,3H2,1-2H3. The van der Waals surface area contributed by atoms with Gasteiger partial charge in [0.25, 0.3) is 5.88 Å². The summed E-state index contributed by atoms with van der Waals surface area (Å²) < 4.78 is 5.39. The third-order valence-corrected chi connectivity index (χ3v) is 1.66. The molecule has 0 aromatic carbocycles. The van der Waals surface area contributed by atoms with E-state index in [0.29, 0.717) is 5.88 Å². The van der Waals surface area contributed by atoms with E-state index in [4.69, 9.17) is 10.00 Å². The van der Waals surface area contributed by atoms with Gasteiger partial charge in [-0.15, -0.1) is 0 Å². The maximum atomic E-state index is 8.67. The highest BCUT2D eigenvalue weighted by Gasteiger charge is 2.08. The maximum absolute atomic E-state index is 8.67. The first-order valence-corrected chi connectivity index (χ1v) is 4.15. The molecule has 0 N–H and O–H groups in total. The zero-order chi connectivity index (χ0) is 9.68. The molecule has 1 aromatic rings. The van der Waals surface area contributed by atoms with Crippen LogP contribution in [-0.4, -0.2) is 16.1 Å². The molecule has 1 atom stereocenters. The number of rotatable bonds is 3. The van der Waals surface area contributed by atoms with Crippen LogP contribution in [0.5, 0.6) is 5.88 Å². The van der Waals surface area contributed by atoms with Crippen LogP contribution in [0.15, 0.2) is 12.4 Å². The lowest BCUT2D eigenvalue weighted by molar-refractivity contribution is 0.207. The first-order chi connectivity index (χ1) is 6.27. The van der Waals surface area contributed by atoms with Crippen LogP contribution in [0.25, 0.3) is 0 Å². The van der Waals surface area contributed by atoms with Gasteiger partial charge in [-0.1, -0.05) is 6.92 Å². The van der Waals surface area contributed by atoms with E-state index in [9.17, 15) is 0 Å². The van der Waals surface area contributed by atoms with E-state index in [1.807, 2.05) is 19.9 Å². The molecule has 4 heteroatoms. The molecule has 1 heterocycles. The Kier molecular flexibility index (Phi) is 3.21. The van der Waals surface area contributed by atoms with Crippen LogP contribution in [0.1, 0.15) is 26.0 Å².